The van der Waals surface area contributed by atoms with Gasteiger partial charge in [0.1, 0.15) is 17.4 Å². The predicted octanol–water partition coefficient (Wildman–Crippen LogP) is 5.86. The second-order valence-corrected chi connectivity index (χ2v) is 7.32. The Bertz CT molecular complexity index is 1190. The Labute approximate surface area is 179 Å². The number of ether oxygens (including phenoxy) is 1. The van der Waals surface area contributed by atoms with Crippen molar-refractivity contribution in [2.75, 3.05) is 6.61 Å². The largest absolute Gasteiger partial charge is 0.494 e. The van der Waals surface area contributed by atoms with Gasteiger partial charge in [-0.25, -0.2) is 9.37 Å². The van der Waals surface area contributed by atoms with Crippen LogP contribution in [0, 0.1) is 5.82 Å². The van der Waals surface area contributed by atoms with Crippen molar-refractivity contribution in [2.24, 2.45) is 0 Å². The lowest BCUT2D eigenvalue weighted by Crippen LogP contribution is -2.00. The van der Waals surface area contributed by atoms with Gasteiger partial charge in [-0.1, -0.05) is 36.4 Å². The van der Waals surface area contributed by atoms with E-state index in [9.17, 15) is 9.18 Å². The second-order valence-electron chi connectivity index (χ2n) is 7.32. The average Bonchev–Trinajstić information content (AvgIpc) is 3.15. The number of fused-ring (bicyclic) bond motifs is 1. The Morgan fingerprint density at radius 1 is 0.968 bits per heavy atom. The number of imidazole rings is 1. The minimum absolute atomic E-state index is 0.182. The zero-order chi connectivity index (χ0) is 21.6. The summed E-state index contributed by atoms with van der Waals surface area (Å²) in [7, 11) is 0. The highest BCUT2D eigenvalue weighted by Crippen LogP contribution is 2.31. The maximum absolute atomic E-state index is 14.0. The minimum atomic E-state index is -0.772. The van der Waals surface area contributed by atoms with Gasteiger partial charge in [-0.2, -0.15) is 0 Å². The topological polar surface area (TPSA) is 64.3 Å². The van der Waals surface area contributed by atoms with Gasteiger partial charge in [0.25, 0.3) is 0 Å². The molecule has 0 unspecified atom stereocenters. The molecule has 0 spiro atoms. The molecule has 4 rings (SSSR count). The molecule has 1 aromatic heterocycles. The van der Waals surface area contributed by atoms with E-state index >= 15 is 0 Å². The van der Waals surface area contributed by atoms with Gasteiger partial charge in [0.05, 0.1) is 23.3 Å². The number of carboxylic acids is 1. The fourth-order valence-corrected chi connectivity index (χ4v) is 3.55. The number of rotatable bonds is 9. The van der Waals surface area contributed by atoms with Crippen molar-refractivity contribution in [2.45, 2.75) is 25.7 Å². The molecule has 0 fully saturated rings. The molecule has 0 bridgehead atoms. The average molecular weight is 418 g/mol. The van der Waals surface area contributed by atoms with E-state index in [2.05, 4.69) is 0 Å². The summed E-state index contributed by atoms with van der Waals surface area (Å²) in [5, 5.41) is 8.71. The Hall–Kier alpha value is -3.67. The molecule has 6 heteroatoms. The SMILES string of the molecule is O=C(O)CCCCCOc1ccc2nc(-c3ccccc3)n(-c3cccc(F)c3)c2c1. The second kappa shape index (κ2) is 9.43. The van der Waals surface area contributed by atoms with Gasteiger partial charge < -0.3 is 9.84 Å². The highest BCUT2D eigenvalue weighted by molar-refractivity contribution is 5.84. The molecule has 0 atom stereocenters. The maximum Gasteiger partial charge on any atom is 0.303 e. The Balaban J connectivity index is 1.64. The minimum Gasteiger partial charge on any atom is -0.494 e. The van der Waals surface area contributed by atoms with Crippen LogP contribution < -0.4 is 4.74 Å². The van der Waals surface area contributed by atoms with Crippen LogP contribution in [0.3, 0.4) is 0 Å². The highest BCUT2D eigenvalue weighted by atomic mass is 19.1. The number of benzene rings is 3. The Morgan fingerprint density at radius 3 is 2.58 bits per heavy atom. The van der Waals surface area contributed by atoms with E-state index in [0.29, 0.717) is 24.5 Å². The van der Waals surface area contributed by atoms with Crippen LogP contribution in [0.4, 0.5) is 4.39 Å². The van der Waals surface area contributed by atoms with Gasteiger partial charge in [-0.05, 0) is 49.6 Å². The summed E-state index contributed by atoms with van der Waals surface area (Å²) in [5.41, 5.74) is 3.24. The van der Waals surface area contributed by atoms with Crippen molar-refractivity contribution in [3.63, 3.8) is 0 Å². The molecule has 4 aromatic rings. The molecule has 0 amide bonds. The first-order valence-electron chi connectivity index (χ1n) is 10.3. The highest BCUT2D eigenvalue weighted by Gasteiger charge is 2.15. The third kappa shape index (κ3) is 4.91. The summed E-state index contributed by atoms with van der Waals surface area (Å²) in [6, 6.07) is 21.9. The third-order valence-electron chi connectivity index (χ3n) is 5.03. The van der Waals surface area contributed by atoms with Crippen LogP contribution in [0.25, 0.3) is 28.1 Å². The molecular formula is C25H23FN2O3. The molecular weight excluding hydrogens is 395 g/mol. The first-order valence-corrected chi connectivity index (χ1v) is 10.3. The van der Waals surface area contributed by atoms with Gasteiger partial charge in [-0.3, -0.25) is 9.36 Å². The van der Waals surface area contributed by atoms with E-state index in [-0.39, 0.29) is 12.2 Å². The molecule has 158 valence electrons. The molecule has 0 radical (unpaired) electrons. The van der Waals surface area contributed by atoms with Crippen molar-refractivity contribution in [1.82, 2.24) is 9.55 Å². The molecule has 3 aromatic carbocycles. The van der Waals surface area contributed by atoms with Crippen LogP contribution in [0.5, 0.6) is 5.75 Å². The molecule has 31 heavy (non-hydrogen) atoms. The maximum atomic E-state index is 14.0. The van der Waals surface area contributed by atoms with Gasteiger partial charge >= 0.3 is 5.97 Å². The molecule has 0 aliphatic rings. The molecule has 1 heterocycles. The van der Waals surface area contributed by atoms with Gasteiger partial charge in [0.15, 0.2) is 0 Å². The number of nitrogens with zero attached hydrogens (tertiary/aromatic N) is 2. The van der Waals surface area contributed by atoms with Crippen LogP contribution in [0.2, 0.25) is 0 Å². The van der Waals surface area contributed by atoms with Crippen molar-refractivity contribution in [3.8, 4) is 22.8 Å². The summed E-state index contributed by atoms with van der Waals surface area (Å²) in [6.07, 6.45) is 2.41. The number of hydrogen-bond acceptors (Lipinski definition) is 3. The van der Waals surface area contributed by atoms with Crippen LogP contribution in [-0.4, -0.2) is 27.2 Å². The smallest absolute Gasteiger partial charge is 0.303 e. The summed E-state index contributed by atoms with van der Waals surface area (Å²) in [6.45, 7) is 0.505. The molecule has 1 N–H and O–H groups in total. The van der Waals surface area contributed by atoms with Crippen LogP contribution in [0.1, 0.15) is 25.7 Å². The van der Waals surface area contributed by atoms with Crippen molar-refractivity contribution < 1.29 is 19.0 Å². The fourth-order valence-electron chi connectivity index (χ4n) is 3.55. The molecule has 0 aliphatic carbocycles. The lowest BCUT2D eigenvalue weighted by atomic mass is 10.2. The van der Waals surface area contributed by atoms with Gasteiger partial charge in [0, 0.05) is 18.1 Å². The lowest BCUT2D eigenvalue weighted by Gasteiger charge is -2.11. The van der Waals surface area contributed by atoms with Crippen LogP contribution >= 0.6 is 0 Å². The van der Waals surface area contributed by atoms with E-state index < -0.39 is 5.97 Å². The van der Waals surface area contributed by atoms with Crippen LogP contribution in [-0.2, 0) is 4.79 Å². The predicted molar refractivity (Wildman–Crippen MR) is 118 cm³/mol. The van der Waals surface area contributed by atoms with Crippen LogP contribution in [0.15, 0.2) is 72.8 Å². The van der Waals surface area contributed by atoms with Crippen molar-refractivity contribution >= 4 is 17.0 Å². The zero-order valence-electron chi connectivity index (χ0n) is 17.0. The first-order chi connectivity index (χ1) is 15.1. The number of aliphatic carboxylic acids is 1. The quantitative estimate of drug-likeness (QED) is 0.346. The molecule has 0 saturated heterocycles. The summed E-state index contributed by atoms with van der Waals surface area (Å²) in [5.74, 6) is 0.341. The van der Waals surface area contributed by atoms with E-state index in [1.165, 1.54) is 12.1 Å². The van der Waals surface area contributed by atoms with Gasteiger partial charge in [-0.15, -0.1) is 0 Å². The Morgan fingerprint density at radius 2 is 1.81 bits per heavy atom. The van der Waals surface area contributed by atoms with E-state index in [1.54, 1.807) is 6.07 Å². The van der Waals surface area contributed by atoms with Gasteiger partial charge in [0.2, 0.25) is 0 Å². The first kappa shape index (κ1) is 20.6. The van der Waals surface area contributed by atoms with E-state index in [0.717, 1.165) is 35.3 Å². The fraction of sp³-hybridized carbons (Fsp3) is 0.200. The number of aromatic nitrogens is 2. The van der Waals surface area contributed by atoms with Crippen molar-refractivity contribution in [3.05, 3.63) is 78.6 Å². The molecule has 0 saturated carbocycles. The number of unbranched alkanes of at least 4 members (excludes halogenated alkanes) is 2. The van der Waals surface area contributed by atoms with E-state index in [1.807, 2.05) is 59.2 Å². The molecule has 0 aliphatic heterocycles. The number of hydrogen-bond donors (Lipinski definition) is 1. The standard InChI is InChI=1S/C25H23FN2O3/c26-19-10-7-11-20(16-19)28-23-17-21(31-15-6-2-5-12-24(29)30)13-14-22(23)27-25(28)18-8-3-1-4-9-18/h1,3-4,7-11,13-14,16-17H,2,5-6,12,15H2,(H,29,30). The normalized spacial score (nSPS) is 11.0. The number of halogens is 1. The van der Waals surface area contributed by atoms with E-state index in [4.69, 9.17) is 14.8 Å². The summed E-state index contributed by atoms with van der Waals surface area (Å²) < 4.78 is 21.8. The zero-order valence-corrected chi connectivity index (χ0v) is 17.0. The lowest BCUT2D eigenvalue weighted by molar-refractivity contribution is -0.137. The summed E-state index contributed by atoms with van der Waals surface area (Å²) >= 11 is 0. The Kier molecular flexibility index (Phi) is 6.26. The van der Waals surface area contributed by atoms with Crippen molar-refractivity contribution in [1.29, 1.82) is 0 Å². The third-order valence-corrected chi connectivity index (χ3v) is 5.03. The number of carboxylic acid groups (broad SMARTS) is 1. The summed E-state index contributed by atoms with van der Waals surface area (Å²) in [4.78, 5) is 15.4. The number of carbonyl (C=O) groups is 1. The monoisotopic (exact) mass is 418 g/mol. The molecule has 5 nitrogen and oxygen atoms in total.